The monoisotopic (exact) mass is 1000 g/mol. The summed E-state index contributed by atoms with van der Waals surface area (Å²) < 4.78 is 54.3. The number of nitrogens with one attached hydrogen (secondary N) is 2. The molecule has 0 bridgehead atoms. The highest BCUT2D eigenvalue weighted by molar-refractivity contribution is 5.90. The number of likely N-dealkylation sites (N-methyl/N-ethyl adjacent to an activating group) is 1. The Morgan fingerprint density at radius 3 is 2.09 bits per heavy atom. The van der Waals surface area contributed by atoms with Gasteiger partial charge in [0.15, 0.2) is 24.1 Å². The minimum absolute atomic E-state index is 0.0882. The molecule has 0 aliphatic carbocycles. The number of nitrogens with zero attached hydrogens (tertiary/aromatic N) is 2. The molecule has 3 fully saturated rings. The van der Waals surface area contributed by atoms with Gasteiger partial charge in [-0.05, 0) is 94.2 Å². The van der Waals surface area contributed by atoms with Crippen molar-refractivity contribution in [1.82, 2.24) is 15.1 Å². The quantitative estimate of drug-likeness (QED) is 0.0981. The van der Waals surface area contributed by atoms with Gasteiger partial charge in [0.25, 0.3) is 0 Å². The molecular formula is C50H88N4O16. The third-order valence-corrected chi connectivity index (χ3v) is 14.9. The number of methoxy groups -OCH3 is 4. The Morgan fingerprint density at radius 2 is 1.53 bits per heavy atom. The Kier molecular flexibility index (Phi) is 21.4. The molecule has 20 heteroatoms. The number of carbonyl (C=O) groups excluding carboxylic acids is 2. The van der Waals surface area contributed by atoms with Crippen LogP contribution in [0.4, 0.5) is 10.5 Å². The van der Waals surface area contributed by atoms with E-state index in [1.165, 1.54) is 35.4 Å². The van der Waals surface area contributed by atoms with E-state index in [-0.39, 0.29) is 43.9 Å². The van der Waals surface area contributed by atoms with Crippen molar-refractivity contribution in [3.05, 3.63) is 12.1 Å². The molecule has 0 spiro atoms. The van der Waals surface area contributed by atoms with E-state index in [2.05, 4.69) is 10.6 Å². The Morgan fingerprint density at radius 1 is 0.900 bits per heavy atom. The lowest BCUT2D eigenvalue weighted by Gasteiger charge is -2.48. The molecule has 20 nitrogen and oxygen atoms in total. The Balaban J connectivity index is 1.72. The highest BCUT2D eigenvalue weighted by Gasteiger charge is 2.53. The van der Waals surface area contributed by atoms with Gasteiger partial charge in [0.1, 0.15) is 30.0 Å². The number of benzene rings is 1. The fourth-order valence-electron chi connectivity index (χ4n) is 10.7. The van der Waals surface area contributed by atoms with E-state index in [9.17, 15) is 35.1 Å². The molecular weight excluding hydrogens is 913 g/mol. The van der Waals surface area contributed by atoms with E-state index in [0.717, 1.165) is 0 Å². The second-order valence-corrected chi connectivity index (χ2v) is 20.9. The highest BCUT2D eigenvalue weighted by Crippen LogP contribution is 2.42. The van der Waals surface area contributed by atoms with Gasteiger partial charge in [-0.15, -0.1) is 0 Å². The molecule has 3 aliphatic rings. The summed E-state index contributed by atoms with van der Waals surface area (Å²) in [4.78, 5) is 31.6. The smallest absolute Gasteiger partial charge is 0.319 e. The fraction of sp³-hybridized carbons (Fsp3) is 0.840. The van der Waals surface area contributed by atoms with Crippen LogP contribution in [0.2, 0.25) is 0 Å². The second-order valence-electron chi connectivity index (χ2n) is 20.9. The number of cyclic esters (lactones) is 1. The molecule has 70 heavy (non-hydrogen) atoms. The molecule has 18 atom stereocenters. The van der Waals surface area contributed by atoms with Gasteiger partial charge in [0, 0.05) is 63.3 Å². The summed E-state index contributed by atoms with van der Waals surface area (Å²) in [6.45, 7) is 18.2. The molecule has 0 unspecified atom stereocenters. The standard InChI is InChI=1S/C50H88N4O16/c1-17-37-50(10,61)42(56)31(6)54(20-18-19-51-47(59)52-33-22-35(62-13)41(64-15)36(23-33)63-14)26-27(2)24-48(8,60)44(70-46-39(55)34(53(11)12)21-28(3)66-46)29(4)40(30(5)45(58)68-37)69-38-25-49(9,65-16)43(57)32(7)67-38/h22-23,27-32,34,37-40,42-44,46,55-57,60-61H,17-21,24-26H2,1-16H3,(H2,51,52,59)/t27-,28-,29+,30-,31-,32+,34+,37-,38+,39-,40+,42-,43+,44-,46+,48-,49-,50-/m1/s1. The van der Waals surface area contributed by atoms with Crippen molar-refractivity contribution in [2.24, 2.45) is 17.8 Å². The second kappa shape index (κ2) is 25.2. The first-order chi connectivity index (χ1) is 32.7. The van der Waals surface area contributed by atoms with Gasteiger partial charge in [0.2, 0.25) is 5.75 Å². The predicted octanol–water partition coefficient (Wildman–Crippen LogP) is 3.51. The summed E-state index contributed by atoms with van der Waals surface area (Å²) in [5.74, 6) is -1.85. The highest BCUT2D eigenvalue weighted by atomic mass is 16.7. The SMILES string of the molecule is CC[C@H]1OC(=O)[C@H](C)[C@@H](O[C@H]2C[C@@](C)(OC)[C@@H](O)[C@H](C)O2)[C@H](C)[C@@H](O[C@@H]2O[C@H](C)C[C@H](N(C)C)[C@H]2O)[C@](C)(O)C[C@@H](C)CN(CCCNC(=O)Nc2cc(OC)c(OC)c(OC)c2)[C@H](C)[C@@H](O)[C@]1(C)O. The zero-order valence-electron chi connectivity index (χ0n) is 44.6. The molecule has 1 aromatic rings. The number of carbonyl (C=O) groups is 2. The molecule has 7 N–H and O–H groups in total. The van der Waals surface area contributed by atoms with Crippen LogP contribution < -0.4 is 24.8 Å². The Hall–Kier alpha value is -3.12. The molecule has 1 aromatic carbocycles. The third-order valence-electron chi connectivity index (χ3n) is 14.9. The van der Waals surface area contributed by atoms with E-state index >= 15 is 0 Å². The van der Waals surface area contributed by atoms with E-state index < -0.39 is 102 Å². The molecule has 0 saturated carbocycles. The summed E-state index contributed by atoms with van der Waals surface area (Å²) in [5.41, 5.74) is -4.29. The molecule has 2 amide bonds. The lowest BCUT2D eigenvalue weighted by atomic mass is 9.77. The van der Waals surface area contributed by atoms with Crippen LogP contribution in [0.15, 0.2) is 12.1 Å². The van der Waals surface area contributed by atoms with E-state index in [4.69, 9.17) is 42.6 Å². The summed E-state index contributed by atoms with van der Waals surface area (Å²) in [7, 11) is 9.68. The lowest BCUT2D eigenvalue weighted by Crippen LogP contribution is -2.60. The maximum Gasteiger partial charge on any atom is 0.319 e. The number of amides is 2. The largest absolute Gasteiger partial charge is 0.493 e. The molecule has 3 saturated heterocycles. The maximum absolute atomic E-state index is 14.6. The minimum atomic E-state index is -1.95. The van der Waals surface area contributed by atoms with Crippen LogP contribution >= 0.6 is 0 Å². The van der Waals surface area contributed by atoms with Crippen molar-refractivity contribution < 1.29 is 77.8 Å². The topological polar surface area (TPSA) is 249 Å². The fourth-order valence-corrected chi connectivity index (χ4v) is 10.7. The first-order valence-corrected chi connectivity index (χ1v) is 24.8. The van der Waals surface area contributed by atoms with E-state index in [1.807, 2.05) is 37.7 Å². The first-order valence-electron chi connectivity index (χ1n) is 24.8. The van der Waals surface area contributed by atoms with Crippen LogP contribution in [-0.4, -0.2) is 200 Å². The predicted molar refractivity (Wildman–Crippen MR) is 261 cm³/mol. The van der Waals surface area contributed by atoms with Gasteiger partial charge >= 0.3 is 12.0 Å². The summed E-state index contributed by atoms with van der Waals surface area (Å²) >= 11 is 0. The molecule has 4 rings (SSSR count). The van der Waals surface area contributed by atoms with Crippen LogP contribution in [0.1, 0.15) is 101 Å². The van der Waals surface area contributed by atoms with Crippen LogP contribution in [0, 0.1) is 17.8 Å². The van der Waals surface area contributed by atoms with Crippen molar-refractivity contribution in [3.8, 4) is 17.2 Å². The molecule has 3 heterocycles. The van der Waals surface area contributed by atoms with Crippen molar-refractivity contribution in [2.45, 2.75) is 192 Å². The van der Waals surface area contributed by atoms with Crippen molar-refractivity contribution in [3.63, 3.8) is 0 Å². The normalized spacial score (nSPS) is 39.6. The van der Waals surface area contributed by atoms with Gasteiger partial charge in [-0.3, -0.25) is 9.69 Å². The number of esters is 1. The summed E-state index contributed by atoms with van der Waals surface area (Å²) in [6.07, 6.45) is -8.87. The van der Waals surface area contributed by atoms with Crippen LogP contribution in [0.5, 0.6) is 17.2 Å². The average molecular weight is 1000 g/mol. The number of aliphatic hydroxyl groups excluding tert-OH is 3. The number of hydrogen-bond donors (Lipinski definition) is 7. The van der Waals surface area contributed by atoms with Crippen molar-refractivity contribution >= 4 is 17.7 Å². The number of rotatable bonds is 15. The molecule has 0 aromatic heterocycles. The summed E-state index contributed by atoms with van der Waals surface area (Å²) in [5, 5.41) is 65.7. The van der Waals surface area contributed by atoms with Crippen LogP contribution in [0.3, 0.4) is 0 Å². The number of anilines is 1. The third kappa shape index (κ3) is 14.1. The van der Waals surface area contributed by atoms with E-state index in [0.29, 0.717) is 48.9 Å². The van der Waals surface area contributed by atoms with Crippen LogP contribution in [-0.2, 0) is 33.2 Å². The number of hydrogen-bond acceptors (Lipinski definition) is 18. The molecule has 0 radical (unpaired) electrons. The Labute approximate surface area is 415 Å². The number of aliphatic hydroxyl groups is 5. The van der Waals surface area contributed by atoms with Crippen LogP contribution in [0.25, 0.3) is 0 Å². The van der Waals surface area contributed by atoms with Gasteiger partial charge in [0.05, 0.1) is 68.6 Å². The summed E-state index contributed by atoms with van der Waals surface area (Å²) in [6, 6.07) is 1.69. The number of ether oxygens (including phenoxy) is 9. The average Bonchev–Trinajstić information content (AvgIpc) is 3.30. The van der Waals surface area contributed by atoms with E-state index in [1.54, 1.807) is 60.6 Å². The number of urea groups is 1. The Bertz CT molecular complexity index is 1800. The van der Waals surface area contributed by atoms with Gasteiger partial charge < -0.3 is 83.7 Å². The zero-order chi connectivity index (χ0) is 52.6. The van der Waals surface area contributed by atoms with Gasteiger partial charge in [-0.25, -0.2) is 4.79 Å². The maximum atomic E-state index is 14.6. The molecule has 3 aliphatic heterocycles. The van der Waals surface area contributed by atoms with Crippen molar-refractivity contribution in [2.75, 3.05) is 67.5 Å². The lowest BCUT2D eigenvalue weighted by molar-refractivity contribution is -0.318. The van der Waals surface area contributed by atoms with Gasteiger partial charge in [-0.1, -0.05) is 20.8 Å². The first kappa shape index (κ1) is 59.4. The van der Waals surface area contributed by atoms with Gasteiger partial charge in [-0.2, -0.15) is 0 Å². The minimum Gasteiger partial charge on any atom is -0.493 e. The molecule has 404 valence electrons. The van der Waals surface area contributed by atoms with Crippen molar-refractivity contribution in [1.29, 1.82) is 0 Å². The zero-order valence-corrected chi connectivity index (χ0v) is 44.6.